The minimum Gasteiger partial charge on any atom is -0.300 e. The molecule has 0 bridgehead atoms. The second kappa shape index (κ2) is 5.03. The Kier molecular flexibility index (Phi) is 3.66. The van der Waals surface area contributed by atoms with E-state index in [1.54, 1.807) is 0 Å². The molecule has 0 aliphatic heterocycles. The van der Waals surface area contributed by atoms with Gasteiger partial charge in [-0.1, -0.05) is 12.1 Å². The van der Waals surface area contributed by atoms with Crippen LogP contribution in [0, 0.1) is 26.7 Å². The van der Waals surface area contributed by atoms with Crippen molar-refractivity contribution in [2.75, 3.05) is 0 Å². The first-order valence-electron chi connectivity index (χ1n) is 6.64. The Hall–Kier alpha value is -1.11. The lowest BCUT2D eigenvalue weighted by atomic mass is 9.83. The molecule has 1 aromatic rings. The number of hydrogen-bond donors (Lipinski definition) is 0. The number of carbonyl (C=O) groups excluding carboxylic acids is 1. The third kappa shape index (κ3) is 2.96. The molecule has 1 saturated carbocycles. The Morgan fingerprint density at radius 1 is 1.00 bits per heavy atom. The summed E-state index contributed by atoms with van der Waals surface area (Å²) in [5.41, 5.74) is 5.65. The van der Waals surface area contributed by atoms with Crippen molar-refractivity contribution >= 4 is 5.78 Å². The summed E-state index contributed by atoms with van der Waals surface area (Å²) in [7, 11) is 0. The zero-order chi connectivity index (χ0) is 12.4. The van der Waals surface area contributed by atoms with Gasteiger partial charge in [0.1, 0.15) is 5.78 Å². The molecule has 0 N–H and O–H groups in total. The SMILES string of the molecule is Cc1cc(C)c(CC2CCC(=O)CC2)cc1C. The van der Waals surface area contributed by atoms with E-state index in [4.69, 9.17) is 0 Å². The predicted octanol–water partition coefficient (Wildman–Crippen LogP) is 3.91. The van der Waals surface area contributed by atoms with E-state index in [0.29, 0.717) is 11.7 Å². The molecule has 1 heteroatoms. The van der Waals surface area contributed by atoms with Crippen LogP contribution in [0.2, 0.25) is 0 Å². The van der Waals surface area contributed by atoms with Crippen molar-refractivity contribution in [2.45, 2.75) is 52.9 Å². The topological polar surface area (TPSA) is 17.1 Å². The van der Waals surface area contributed by atoms with Crippen LogP contribution in [0.1, 0.15) is 47.9 Å². The molecule has 0 radical (unpaired) electrons. The summed E-state index contributed by atoms with van der Waals surface area (Å²) in [6, 6.07) is 4.62. The van der Waals surface area contributed by atoms with E-state index in [2.05, 4.69) is 32.9 Å². The number of carbonyl (C=O) groups is 1. The van der Waals surface area contributed by atoms with Gasteiger partial charge in [-0.25, -0.2) is 0 Å². The molecule has 0 heterocycles. The summed E-state index contributed by atoms with van der Waals surface area (Å²) in [4.78, 5) is 11.2. The van der Waals surface area contributed by atoms with Crippen molar-refractivity contribution < 1.29 is 4.79 Å². The van der Waals surface area contributed by atoms with Crippen molar-refractivity contribution in [3.8, 4) is 0 Å². The Bertz CT molecular complexity index is 421. The fourth-order valence-electron chi connectivity index (χ4n) is 2.75. The van der Waals surface area contributed by atoms with Crippen LogP contribution >= 0.6 is 0 Å². The van der Waals surface area contributed by atoms with Gasteiger partial charge in [-0.3, -0.25) is 4.79 Å². The van der Waals surface area contributed by atoms with E-state index < -0.39 is 0 Å². The number of rotatable bonds is 2. The van der Waals surface area contributed by atoms with Crippen molar-refractivity contribution in [1.29, 1.82) is 0 Å². The number of hydrogen-bond acceptors (Lipinski definition) is 1. The Balaban J connectivity index is 2.08. The minimum atomic E-state index is 0.457. The molecule has 0 unspecified atom stereocenters. The van der Waals surface area contributed by atoms with Gasteiger partial charge in [-0.05, 0) is 68.2 Å². The maximum atomic E-state index is 11.2. The predicted molar refractivity (Wildman–Crippen MR) is 71.3 cm³/mol. The monoisotopic (exact) mass is 230 g/mol. The lowest BCUT2D eigenvalue weighted by Crippen LogP contribution is -2.16. The second-order valence-corrected chi connectivity index (χ2v) is 5.55. The molecule has 92 valence electrons. The Morgan fingerprint density at radius 2 is 1.59 bits per heavy atom. The zero-order valence-electron chi connectivity index (χ0n) is 11.2. The quantitative estimate of drug-likeness (QED) is 0.752. The second-order valence-electron chi connectivity index (χ2n) is 5.55. The van der Waals surface area contributed by atoms with Crippen LogP contribution in [0.3, 0.4) is 0 Å². The molecule has 1 nitrogen and oxygen atoms in total. The third-order valence-electron chi connectivity index (χ3n) is 4.12. The third-order valence-corrected chi connectivity index (χ3v) is 4.12. The van der Waals surface area contributed by atoms with Crippen LogP contribution in [0.5, 0.6) is 0 Å². The summed E-state index contributed by atoms with van der Waals surface area (Å²) < 4.78 is 0. The van der Waals surface area contributed by atoms with Crippen LogP contribution < -0.4 is 0 Å². The maximum absolute atomic E-state index is 11.2. The highest BCUT2D eigenvalue weighted by molar-refractivity contribution is 5.79. The van der Waals surface area contributed by atoms with Gasteiger partial charge in [-0.15, -0.1) is 0 Å². The molecule has 0 aromatic heterocycles. The highest BCUT2D eigenvalue weighted by Crippen LogP contribution is 2.27. The first-order valence-corrected chi connectivity index (χ1v) is 6.64. The van der Waals surface area contributed by atoms with Crippen molar-refractivity contribution in [2.24, 2.45) is 5.92 Å². The average molecular weight is 230 g/mol. The Labute approximate surface area is 104 Å². The van der Waals surface area contributed by atoms with Crippen molar-refractivity contribution in [3.63, 3.8) is 0 Å². The molecule has 0 amide bonds. The zero-order valence-corrected chi connectivity index (χ0v) is 11.2. The molecule has 1 aliphatic rings. The van der Waals surface area contributed by atoms with Gasteiger partial charge in [0.15, 0.2) is 0 Å². The van der Waals surface area contributed by atoms with Gasteiger partial charge >= 0.3 is 0 Å². The molecule has 2 rings (SSSR count). The van der Waals surface area contributed by atoms with Crippen LogP contribution in [-0.4, -0.2) is 5.78 Å². The highest BCUT2D eigenvalue weighted by Gasteiger charge is 2.19. The summed E-state index contributed by atoms with van der Waals surface area (Å²) in [6.07, 6.45) is 4.93. The van der Waals surface area contributed by atoms with E-state index >= 15 is 0 Å². The smallest absolute Gasteiger partial charge is 0.132 e. The molecule has 17 heavy (non-hydrogen) atoms. The lowest BCUT2D eigenvalue weighted by molar-refractivity contribution is -0.120. The van der Waals surface area contributed by atoms with Gasteiger partial charge in [0, 0.05) is 12.8 Å². The molecule has 1 aliphatic carbocycles. The molecule has 0 atom stereocenters. The van der Waals surface area contributed by atoms with Gasteiger partial charge < -0.3 is 0 Å². The van der Waals surface area contributed by atoms with E-state index in [1.807, 2.05) is 0 Å². The normalized spacial score (nSPS) is 17.5. The van der Waals surface area contributed by atoms with E-state index in [-0.39, 0.29) is 0 Å². The average Bonchev–Trinajstić information content (AvgIpc) is 2.29. The largest absolute Gasteiger partial charge is 0.300 e. The van der Waals surface area contributed by atoms with Crippen LogP contribution in [0.25, 0.3) is 0 Å². The fourth-order valence-corrected chi connectivity index (χ4v) is 2.75. The minimum absolute atomic E-state index is 0.457. The van der Waals surface area contributed by atoms with Gasteiger partial charge in [0.25, 0.3) is 0 Å². The summed E-state index contributed by atoms with van der Waals surface area (Å²) >= 11 is 0. The first kappa shape index (κ1) is 12.3. The lowest BCUT2D eigenvalue weighted by Gasteiger charge is -2.22. The van der Waals surface area contributed by atoms with Crippen molar-refractivity contribution in [1.82, 2.24) is 0 Å². The van der Waals surface area contributed by atoms with Crippen LogP contribution in [0.15, 0.2) is 12.1 Å². The summed E-state index contributed by atoms with van der Waals surface area (Å²) in [5.74, 6) is 1.17. The molecular formula is C16H22O. The maximum Gasteiger partial charge on any atom is 0.132 e. The highest BCUT2D eigenvalue weighted by atomic mass is 16.1. The van der Waals surface area contributed by atoms with Crippen molar-refractivity contribution in [3.05, 3.63) is 34.4 Å². The van der Waals surface area contributed by atoms with Gasteiger partial charge in [0.05, 0.1) is 0 Å². The van der Waals surface area contributed by atoms with Gasteiger partial charge in [-0.2, -0.15) is 0 Å². The van der Waals surface area contributed by atoms with E-state index in [9.17, 15) is 4.79 Å². The first-order chi connectivity index (χ1) is 8.06. The van der Waals surface area contributed by atoms with Crippen LogP contribution in [-0.2, 0) is 11.2 Å². The number of aryl methyl sites for hydroxylation is 3. The Morgan fingerprint density at radius 3 is 2.24 bits per heavy atom. The molecule has 1 fully saturated rings. The summed E-state index contributed by atoms with van der Waals surface area (Å²) in [6.45, 7) is 6.56. The molecule has 1 aromatic carbocycles. The fraction of sp³-hybridized carbons (Fsp3) is 0.562. The van der Waals surface area contributed by atoms with Crippen LogP contribution in [0.4, 0.5) is 0 Å². The van der Waals surface area contributed by atoms with Gasteiger partial charge in [0.2, 0.25) is 0 Å². The number of benzene rings is 1. The number of Topliss-reactive ketones (excluding diaryl/α,β-unsaturated/α-hetero) is 1. The summed E-state index contributed by atoms with van der Waals surface area (Å²) in [5, 5.41) is 0. The standard InChI is InChI=1S/C16H22O/c1-11-8-13(3)15(9-12(11)2)10-14-4-6-16(17)7-5-14/h8-9,14H,4-7,10H2,1-3H3. The van der Waals surface area contributed by atoms with E-state index in [1.165, 1.54) is 22.3 Å². The molecular weight excluding hydrogens is 208 g/mol. The van der Waals surface area contributed by atoms with E-state index in [0.717, 1.165) is 32.1 Å². The number of ketones is 1. The molecule has 0 saturated heterocycles. The molecule has 0 spiro atoms.